The van der Waals surface area contributed by atoms with Crippen molar-refractivity contribution < 1.29 is 4.79 Å². The summed E-state index contributed by atoms with van der Waals surface area (Å²) in [5.74, 6) is 0.238. The van der Waals surface area contributed by atoms with Crippen molar-refractivity contribution in [3.63, 3.8) is 0 Å². The van der Waals surface area contributed by atoms with Gasteiger partial charge >= 0.3 is 0 Å². The van der Waals surface area contributed by atoms with E-state index in [2.05, 4.69) is 11.4 Å². The van der Waals surface area contributed by atoms with Gasteiger partial charge in [-0.3, -0.25) is 9.59 Å². The molecule has 3 heterocycles. The van der Waals surface area contributed by atoms with Crippen molar-refractivity contribution in [1.82, 2.24) is 14.8 Å². The van der Waals surface area contributed by atoms with E-state index in [1.165, 1.54) is 5.56 Å². The fourth-order valence-corrected chi connectivity index (χ4v) is 4.55. The summed E-state index contributed by atoms with van der Waals surface area (Å²) >= 11 is 6.34. The van der Waals surface area contributed by atoms with E-state index in [-0.39, 0.29) is 11.5 Å². The number of carbonyl (C=O) groups excluding carboxylic acids is 1. The second-order valence-electron chi connectivity index (χ2n) is 7.90. The molecular weight excluding hydrogens is 374 g/mol. The van der Waals surface area contributed by atoms with Gasteiger partial charge in [0.25, 0.3) is 11.5 Å². The van der Waals surface area contributed by atoms with Gasteiger partial charge < -0.3 is 14.8 Å². The third kappa shape index (κ3) is 3.74. The van der Waals surface area contributed by atoms with Crippen molar-refractivity contribution >= 4 is 17.5 Å². The second kappa shape index (κ2) is 8.10. The third-order valence-corrected chi connectivity index (χ3v) is 6.30. The Labute approximate surface area is 170 Å². The molecule has 1 aromatic carbocycles. The minimum atomic E-state index is -0.191. The van der Waals surface area contributed by atoms with E-state index in [0.717, 1.165) is 43.5 Å². The van der Waals surface area contributed by atoms with Crippen LogP contribution in [0.25, 0.3) is 0 Å². The lowest BCUT2D eigenvalue weighted by Gasteiger charge is -2.30. The number of fused-ring (bicyclic) bond motifs is 1. The first-order chi connectivity index (χ1) is 13.5. The van der Waals surface area contributed by atoms with Gasteiger partial charge in [-0.15, -0.1) is 0 Å². The smallest absolute Gasteiger partial charge is 0.263 e. The lowest BCUT2D eigenvalue weighted by molar-refractivity contribution is 0.0731. The fourth-order valence-electron chi connectivity index (χ4n) is 4.30. The summed E-state index contributed by atoms with van der Waals surface area (Å²) in [6, 6.07) is 7.74. The summed E-state index contributed by atoms with van der Waals surface area (Å²) in [6.07, 6.45) is 4.82. The van der Waals surface area contributed by atoms with Gasteiger partial charge in [0.15, 0.2) is 0 Å². The largest absolute Gasteiger partial charge is 0.334 e. The highest BCUT2D eigenvalue weighted by Gasteiger charge is 2.27. The Morgan fingerprint density at radius 3 is 2.96 bits per heavy atom. The molecule has 0 radical (unpaired) electrons. The summed E-state index contributed by atoms with van der Waals surface area (Å²) in [5, 5.41) is 4.07. The van der Waals surface area contributed by atoms with Crippen LogP contribution in [0.2, 0.25) is 5.02 Å². The van der Waals surface area contributed by atoms with E-state index < -0.39 is 0 Å². The van der Waals surface area contributed by atoms with Crippen molar-refractivity contribution in [1.29, 1.82) is 0 Å². The predicted molar refractivity (Wildman–Crippen MR) is 111 cm³/mol. The number of pyridine rings is 1. The molecule has 0 bridgehead atoms. The fraction of sp³-hybridized carbons (Fsp3) is 0.455. The number of aryl methyl sites for hydroxylation is 1. The van der Waals surface area contributed by atoms with Crippen LogP contribution in [0.3, 0.4) is 0 Å². The zero-order valence-corrected chi connectivity index (χ0v) is 17.0. The average Bonchev–Trinajstić information content (AvgIpc) is 2.71. The standard InChI is InChI=1S/C22H26ClN3O2/c1-15-7-10-25(13-16-4-3-9-24-12-16)21(27)20(15)22(28)26-11-8-17-5-2-6-19(23)18(17)14-26/h2,5-7,10,16,24H,3-4,8-9,11-14H2,1H3. The normalized spacial score (nSPS) is 19.4. The maximum absolute atomic E-state index is 13.3. The van der Waals surface area contributed by atoms with Gasteiger partial charge in [-0.2, -0.15) is 0 Å². The van der Waals surface area contributed by atoms with Crippen LogP contribution in [0, 0.1) is 12.8 Å². The summed E-state index contributed by atoms with van der Waals surface area (Å²) < 4.78 is 1.71. The molecule has 4 rings (SSSR count). The van der Waals surface area contributed by atoms with Gasteiger partial charge in [0.05, 0.1) is 0 Å². The maximum Gasteiger partial charge on any atom is 0.263 e. The Morgan fingerprint density at radius 1 is 1.32 bits per heavy atom. The SMILES string of the molecule is Cc1ccn(CC2CCCNC2)c(=O)c1C(=O)N1CCc2cccc(Cl)c2C1. The molecule has 1 atom stereocenters. The summed E-state index contributed by atoms with van der Waals surface area (Å²) in [4.78, 5) is 28.1. The average molecular weight is 400 g/mol. The number of piperidine rings is 1. The zero-order valence-electron chi connectivity index (χ0n) is 16.2. The van der Waals surface area contributed by atoms with E-state index in [0.29, 0.717) is 36.1 Å². The molecular formula is C22H26ClN3O2. The number of nitrogens with zero attached hydrogens (tertiary/aromatic N) is 2. The number of nitrogens with one attached hydrogen (secondary N) is 1. The molecule has 5 nitrogen and oxygen atoms in total. The number of rotatable bonds is 3. The van der Waals surface area contributed by atoms with Gasteiger partial charge in [-0.1, -0.05) is 23.7 Å². The van der Waals surface area contributed by atoms with E-state index in [9.17, 15) is 9.59 Å². The van der Waals surface area contributed by atoms with E-state index in [1.54, 1.807) is 9.47 Å². The van der Waals surface area contributed by atoms with Gasteiger partial charge in [0, 0.05) is 30.9 Å². The molecule has 1 fully saturated rings. The molecule has 2 aliphatic heterocycles. The number of carbonyl (C=O) groups is 1. The molecule has 28 heavy (non-hydrogen) atoms. The van der Waals surface area contributed by atoms with Gasteiger partial charge in [0.1, 0.15) is 5.56 Å². The van der Waals surface area contributed by atoms with Gasteiger partial charge in [-0.25, -0.2) is 0 Å². The van der Waals surface area contributed by atoms with Crippen molar-refractivity contribution in [2.45, 2.75) is 39.3 Å². The molecule has 1 amide bonds. The van der Waals surface area contributed by atoms with E-state index >= 15 is 0 Å². The molecule has 1 saturated heterocycles. The molecule has 1 unspecified atom stereocenters. The van der Waals surface area contributed by atoms with Crippen LogP contribution in [0.1, 0.15) is 39.9 Å². The first kappa shape index (κ1) is 19.2. The highest BCUT2D eigenvalue weighted by Crippen LogP contribution is 2.27. The first-order valence-electron chi connectivity index (χ1n) is 10.0. The summed E-state index contributed by atoms with van der Waals surface area (Å²) in [7, 11) is 0. The Bertz CT molecular complexity index is 947. The van der Waals surface area contributed by atoms with Crippen LogP contribution >= 0.6 is 11.6 Å². The highest BCUT2D eigenvalue weighted by molar-refractivity contribution is 6.31. The van der Waals surface area contributed by atoms with E-state index in [4.69, 9.17) is 11.6 Å². The van der Waals surface area contributed by atoms with Crippen molar-refractivity contribution in [3.8, 4) is 0 Å². The topological polar surface area (TPSA) is 54.3 Å². The van der Waals surface area contributed by atoms with Crippen molar-refractivity contribution in [3.05, 3.63) is 68.1 Å². The number of hydrogen-bond donors (Lipinski definition) is 1. The summed E-state index contributed by atoms with van der Waals surface area (Å²) in [5.41, 5.74) is 3.02. The Hall–Kier alpha value is -2.11. The molecule has 148 valence electrons. The predicted octanol–water partition coefficient (Wildman–Crippen LogP) is 3.01. The molecule has 1 N–H and O–H groups in total. The van der Waals surface area contributed by atoms with Crippen LogP contribution in [-0.4, -0.2) is 35.0 Å². The van der Waals surface area contributed by atoms with Crippen LogP contribution in [0.4, 0.5) is 0 Å². The monoisotopic (exact) mass is 399 g/mol. The number of amides is 1. The molecule has 6 heteroatoms. The van der Waals surface area contributed by atoms with E-state index in [1.807, 2.05) is 31.3 Å². The van der Waals surface area contributed by atoms with Crippen LogP contribution in [-0.2, 0) is 19.5 Å². The van der Waals surface area contributed by atoms with Crippen molar-refractivity contribution in [2.75, 3.05) is 19.6 Å². The first-order valence-corrected chi connectivity index (χ1v) is 10.4. The number of hydrogen-bond acceptors (Lipinski definition) is 3. The maximum atomic E-state index is 13.3. The molecule has 2 aromatic rings. The lowest BCUT2D eigenvalue weighted by atomic mass is 9.98. The molecule has 0 aliphatic carbocycles. The number of halogens is 1. The minimum Gasteiger partial charge on any atom is -0.334 e. The Kier molecular flexibility index (Phi) is 5.56. The molecule has 2 aliphatic rings. The minimum absolute atomic E-state index is 0.180. The summed E-state index contributed by atoms with van der Waals surface area (Å²) in [6.45, 7) is 5.51. The Balaban J connectivity index is 1.60. The molecule has 0 spiro atoms. The second-order valence-corrected chi connectivity index (χ2v) is 8.31. The molecule has 0 saturated carbocycles. The quantitative estimate of drug-likeness (QED) is 0.863. The number of aromatic nitrogens is 1. The third-order valence-electron chi connectivity index (χ3n) is 5.94. The van der Waals surface area contributed by atoms with Crippen LogP contribution in [0.5, 0.6) is 0 Å². The van der Waals surface area contributed by atoms with Crippen molar-refractivity contribution in [2.24, 2.45) is 5.92 Å². The number of benzene rings is 1. The lowest BCUT2D eigenvalue weighted by Crippen LogP contribution is -2.41. The van der Waals surface area contributed by atoms with Gasteiger partial charge in [-0.05, 0) is 74.0 Å². The molecule has 1 aromatic heterocycles. The van der Waals surface area contributed by atoms with Crippen LogP contribution in [0.15, 0.2) is 35.3 Å². The highest BCUT2D eigenvalue weighted by atomic mass is 35.5. The van der Waals surface area contributed by atoms with Crippen LogP contribution < -0.4 is 10.9 Å². The van der Waals surface area contributed by atoms with Gasteiger partial charge in [0.2, 0.25) is 0 Å². The zero-order chi connectivity index (χ0) is 19.7. The Morgan fingerprint density at radius 2 is 2.18 bits per heavy atom.